The number of hydrogen-bond donors (Lipinski definition) is 1. The maximum atomic E-state index is 12.3. The molecular formula is C25H41N3O3. The van der Waals surface area contributed by atoms with Crippen LogP contribution in [0.25, 0.3) is 0 Å². The lowest BCUT2D eigenvalue weighted by Crippen LogP contribution is -2.44. The van der Waals surface area contributed by atoms with Crippen molar-refractivity contribution in [3.05, 3.63) is 35.4 Å². The van der Waals surface area contributed by atoms with E-state index in [1.165, 1.54) is 5.56 Å². The number of morpholine rings is 1. The molecule has 0 aromatic heterocycles. The Morgan fingerprint density at radius 1 is 1.00 bits per heavy atom. The maximum Gasteiger partial charge on any atom is 0.222 e. The molecule has 6 nitrogen and oxygen atoms in total. The predicted octanol–water partition coefficient (Wildman–Crippen LogP) is 3.73. The third-order valence-electron chi connectivity index (χ3n) is 5.55. The minimum atomic E-state index is 0.00528. The number of nitrogens with one attached hydrogen (secondary N) is 1. The van der Waals surface area contributed by atoms with Gasteiger partial charge in [0.1, 0.15) is 0 Å². The van der Waals surface area contributed by atoms with Crippen LogP contribution in [-0.2, 0) is 27.4 Å². The van der Waals surface area contributed by atoms with E-state index in [0.717, 1.165) is 51.1 Å². The number of amides is 2. The van der Waals surface area contributed by atoms with Gasteiger partial charge in [0.2, 0.25) is 11.8 Å². The van der Waals surface area contributed by atoms with E-state index in [2.05, 4.69) is 62.2 Å². The molecule has 1 N–H and O–H groups in total. The molecule has 2 rings (SSSR count). The summed E-state index contributed by atoms with van der Waals surface area (Å²) in [5.41, 5.74) is 2.37. The van der Waals surface area contributed by atoms with Gasteiger partial charge in [-0.15, -0.1) is 0 Å². The fourth-order valence-corrected chi connectivity index (χ4v) is 4.18. The Bertz CT molecular complexity index is 661. The third-order valence-corrected chi connectivity index (χ3v) is 5.55. The van der Waals surface area contributed by atoms with Gasteiger partial charge in [0.25, 0.3) is 0 Å². The van der Waals surface area contributed by atoms with Crippen LogP contribution in [0.4, 0.5) is 0 Å². The zero-order valence-corrected chi connectivity index (χ0v) is 19.9. The topological polar surface area (TPSA) is 61.9 Å². The van der Waals surface area contributed by atoms with Crippen LogP contribution in [0.1, 0.15) is 70.9 Å². The normalized spacial score (nSPS) is 19.2. The molecule has 2 amide bonds. The minimum Gasteiger partial charge on any atom is -0.373 e. The van der Waals surface area contributed by atoms with E-state index in [4.69, 9.17) is 4.74 Å². The van der Waals surface area contributed by atoms with E-state index >= 15 is 0 Å². The number of benzene rings is 1. The number of carbonyl (C=O) groups excluding carboxylic acids is 2. The highest BCUT2D eigenvalue weighted by Crippen LogP contribution is 2.15. The van der Waals surface area contributed by atoms with Crippen LogP contribution in [0, 0.1) is 0 Å². The van der Waals surface area contributed by atoms with Gasteiger partial charge in [-0.2, -0.15) is 0 Å². The van der Waals surface area contributed by atoms with Gasteiger partial charge in [0, 0.05) is 52.1 Å². The molecule has 0 aliphatic carbocycles. The smallest absolute Gasteiger partial charge is 0.222 e. The molecule has 2 atom stereocenters. The Kier molecular flexibility index (Phi) is 11.0. The van der Waals surface area contributed by atoms with Gasteiger partial charge in [-0.3, -0.25) is 14.5 Å². The van der Waals surface area contributed by atoms with Crippen LogP contribution in [0.3, 0.4) is 0 Å². The molecule has 0 radical (unpaired) electrons. The average molecular weight is 432 g/mol. The van der Waals surface area contributed by atoms with Gasteiger partial charge in [-0.1, -0.05) is 38.1 Å². The van der Waals surface area contributed by atoms with Crippen LogP contribution in [0.5, 0.6) is 0 Å². The van der Waals surface area contributed by atoms with Crippen molar-refractivity contribution in [3.63, 3.8) is 0 Å². The van der Waals surface area contributed by atoms with Gasteiger partial charge in [0.15, 0.2) is 0 Å². The first-order valence-corrected chi connectivity index (χ1v) is 11.9. The Hall–Kier alpha value is -1.92. The van der Waals surface area contributed by atoms with Gasteiger partial charge in [-0.25, -0.2) is 0 Å². The van der Waals surface area contributed by atoms with Crippen molar-refractivity contribution >= 4 is 11.8 Å². The molecule has 1 aromatic rings. The van der Waals surface area contributed by atoms with Gasteiger partial charge in [0.05, 0.1) is 12.2 Å². The highest BCUT2D eigenvalue weighted by Gasteiger charge is 2.22. The zero-order chi connectivity index (χ0) is 22.6. The molecular weight excluding hydrogens is 390 g/mol. The first-order chi connectivity index (χ1) is 14.9. The van der Waals surface area contributed by atoms with Crippen LogP contribution < -0.4 is 5.32 Å². The number of carbonyl (C=O) groups is 2. The zero-order valence-electron chi connectivity index (χ0n) is 19.9. The van der Waals surface area contributed by atoms with Crippen LogP contribution in [-0.4, -0.2) is 60.0 Å². The van der Waals surface area contributed by atoms with E-state index in [9.17, 15) is 9.59 Å². The van der Waals surface area contributed by atoms with Crippen LogP contribution in [0.15, 0.2) is 24.3 Å². The van der Waals surface area contributed by atoms with Crippen molar-refractivity contribution in [1.29, 1.82) is 0 Å². The lowest BCUT2D eigenvalue weighted by atomic mass is 10.1. The Morgan fingerprint density at radius 2 is 1.58 bits per heavy atom. The summed E-state index contributed by atoms with van der Waals surface area (Å²) in [6.45, 7) is 13.4. The van der Waals surface area contributed by atoms with Crippen molar-refractivity contribution < 1.29 is 14.3 Å². The second-order valence-corrected chi connectivity index (χ2v) is 8.78. The standard InChI is InChI=1S/C25H41N3O3/c1-5-14-28(15-6-2)25(30)9-7-8-24(29)26-16-22-10-12-23(13-11-22)19-27-17-20(3)31-21(4)18-27/h10-13,20-21H,5-9,14-19H2,1-4H3,(H,26,29). The van der Waals surface area contributed by atoms with E-state index in [0.29, 0.717) is 25.8 Å². The summed E-state index contributed by atoms with van der Waals surface area (Å²) < 4.78 is 5.80. The Morgan fingerprint density at radius 3 is 2.16 bits per heavy atom. The maximum absolute atomic E-state index is 12.3. The molecule has 1 aliphatic heterocycles. The summed E-state index contributed by atoms with van der Waals surface area (Å²) >= 11 is 0. The van der Waals surface area contributed by atoms with Crippen LogP contribution >= 0.6 is 0 Å². The summed E-state index contributed by atoms with van der Waals surface area (Å²) in [6, 6.07) is 8.45. The van der Waals surface area contributed by atoms with E-state index in [1.54, 1.807) is 0 Å². The summed E-state index contributed by atoms with van der Waals surface area (Å²) in [4.78, 5) is 28.8. The second-order valence-electron chi connectivity index (χ2n) is 8.78. The molecule has 1 aliphatic rings. The van der Waals surface area contributed by atoms with Crippen LogP contribution in [0.2, 0.25) is 0 Å². The minimum absolute atomic E-state index is 0.00528. The number of hydrogen-bond acceptors (Lipinski definition) is 4. The molecule has 6 heteroatoms. The first kappa shape index (κ1) is 25.3. The highest BCUT2D eigenvalue weighted by atomic mass is 16.5. The monoisotopic (exact) mass is 431 g/mol. The van der Waals surface area contributed by atoms with E-state index in [1.807, 2.05) is 4.90 Å². The van der Waals surface area contributed by atoms with Crippen molar-refractivity contribution in [3.8, 4) is 0 Å². The molecule has 0 saturated carbocycles. The molecule has 0 bridgehead atoms. The lowest BCUT2D eigenvalue weighted by molar-refractivity contribution is -0.131. The Balaban J connectivity index is 1.68. The number of rotatable bonds is 12. The third kappa shape index (κ3) is 9.40. The number of nitrogens with zero attached hydrogens (tertiary/aromatic N) is 2. The van der Waals surface area contributed by atoms with Gasteiger partial charge in [-0.05, 0) is 44.2 Å². The fraction of sp³-hybridized carbons (Fsp3) is 0.680. The lowest BCUT2D eigenvalue weighted by Gasteiger charge is -2.35. The van der Waals surface area contributed by atoms with Crippen molar-refractivity contribution in [2.75, 3.05) is 26.2 Å². The molecule has 1 heterocycles. The summed E-state index contributed by atoms with van der Waals surface area (Å²) in [5, 5.41) is 2.97. The van der Waals surface area contributed by atoms with Gasteiger partial charge >= 0.3 is 0 Å². The largest absolute Gasteiger partial charge is 0.373 e. The molecule has 2 unspecified atom stereocenters. The summed E-state index contributed by atoms with van der Waals surface area (Å²) in [5.74, 6) is 0.168. The SMILES string of the molecule is CCCN(CCC)C(=O)CCCC(=O)NCc1ccc(CN2CC(C)OC(C)C2)cc1. The Labute approximate surface area is 188 Å². The molecule has 0 spiro atoms. The molecule has 174 valence electrons. The first-order valence-electron chi connectivity index (χ1n) is 11.9. The van der Waals surface area contributed by atoms with Crippen molar-refractivity contribution in [1.82, 2.24) is 15.1 Å². The summed E-state index contributed by atoms with van der Waals surface area (Å²) in [7, 11) is 0. The average Bonchev–Trinajstić information content (AvgIpc) is 2.72. The fourth-order valence-electron chi connectivity index (χ4n) is 4.18. The number of ether oxygens (including phenoxy) is 1. The molecule has 1 fully saturated rings. The van der Waals surface area contributed by atoms with Gasteiger partial charge < -0.3 is 15.0 Å². The predicted molar refractivity (Wildman–Crippen MR) is 125 cm³/mol. The summed E-state index contributed by atoms with van der Waals surface area (Å²) in [6.07, 6.45) is 3.92. The van der Waals surface area contributed by atoms with E-state index in [-0.39, 0.29) is 24.0 Å². The quantitative estimate of drug-likeness (QED) is 0.548. The second kappa shape index (κ2) is 13.5. The van der Waals surface area contributed by atoms with Crippen molar-refractivity contribution in [2.24, 2.45) is 0 Å². The highest BCUT2D eigenvalue weighted by molar-refractivity contribution is 5.79. The molecule has 1 aromatic carbocycles. The van der Waals surface area contributed by atoms with E-state index < -0.39 is 0 Å². The molecule has 31 heavy (non-hydrogen) atoms. The van der Waals surface area contributed by atoms with Crippen molar-refractivity contribution in [2.45, 2.75) is 85.1 Å². The molecule has 1 saturated heterocycles.